The Kier molecular flexibility index (Phi) is 5.85. The fourth-order valence-corrected chi connectivity index (χ4v) is 1.62. The molecule has 0 unspecified atom stereocenters. The third kappa shape index (κ3) is 5.39. The number of rotatable bonds is 3. The predicted octanol–water partition coefficient (Wildman–Crippen LogP) is 2.89. The second-order valence-electron chi connectivity index (χ2n) is 4.22. The molecule has 8 heteroatoms. The van der Waals surface area contributed by atoms with Crippen LogP contribution in [-0.4, -0.2) is 33.3 Å². The molecule has 2 rings (SSSR count). The fourth-order valence-electron chi connectivity index (χ4n) is 1.62. The lowest BCUT2D eigenvalue weighted by atomic mass is 10.0. The quantitative estimate of drug-likeness (QED) is 0.909. The molecule has 22 heavy (non-hydrogen) atoms. The molecule has 1 heterocycles. The van der Waals surface area contributed by atoms with E-state index in [1.165, 1.54) is 0 Å². The summed E-state index contributed by atoms with van der Waals surface area (Å²) in [6.45, 7) is 0. The number of benzene rings is 1. The number of aliphatic carboxylic acids is 2. The summed E-state index contributed by atoms with van der Waals surface area (Å²) in [6.07, 6.45) is -0.871. The zero-order chi connectivity index (χ0) is 16.8. The summed E-state index contributed by atoms with van der Waals surface area (Å²) < 4.78 is 31.7. The molecule has 5 nitrogen and oxygen atoms in total. The highest BCUT2D eigenvalue weighted by Crippen LogP contribution is 2.18. The molecule has 1 aromatic carbocycles. The number of hydrogen-bond acceptors (Lipinski definition) is 3. The monoisotopic (exact) mass is 315 g/mol. The number of aromatic nitrogens is 1. The van der Waals surface area contributed by atoms with Gasteiger partial charge in [0.1, 0.15) is 0 Å². The van der Waals surface area contributed by atoms with Crippen LogP contribution in [0.3, 0.4) is 0 Å². The summed E-state index contributed by atoms with van der Waals surface area (Å²) >= 11 is 0. The molecule has 0 aliphatic heterocycles. The Hall–Kier alpha value is -2.64. The molecule has 118 valence electrons. The van der Waals surface area contributed by atoms with Crippen LogP contribution in [0, 0.1) is 0 Å². The maximum Gasteiger partial charge on any atom is 0.490 e. The van der Waals surface area contributed by atoms with Gasteiger partial charge in [0.15, 0.2) is 0 Å². The number of nitrogens with zero attached hydrogens (tertiary/aromatic N) is 1. The van der Waals surface area contributed by atoms with Crippen molar-refractivity contribution in [2.24, 2.45) is 0 Å². The summed E-state index contributed by atoms with van der Waals surface area (Å²) in [5, 5.41) is 17.9. The summed E-state index contributed by atoms with van der Waals surface area (Å²) in [6, 6.07) is 7.87. The average molecular weight is 315 g/mol. The molecule has 0 atom stereocenters. The first-order valence-corrected chi connectivity index (χ1v) is 6.05. The maximum atomic E-state index is 10.6. The van der Waals surface area contributed by atoms with Crippen LogP contribution < -0.4 is 0 Å². The van der Waals surface area contributed by atoms with E-state index in [-0.39, 0.29) is 6.42 Å². The van der Waals surface area contributed by atoms with E-state index in [1.807, 2.05) is 24.3 Å². The number of hydrogen-bond donors (Lipinski definition) is 2. The standard InChI is InChI=1S/C12H11NO2.C2HF3O2/c14-12(15)6-5-10-8-13-7-9-3-1-2-4-11(9)10;3-2(4,5)1(6)7/h1-4,7-8H,5-6H2,(H,14,15);(H,6,7). The Morgan fingerprint density at radius 2 is 1.68 bits per heavy atom. The number of alkyl halides is 3. The number of pyridine rings is 1. The van der Waals surface area contributed by atoms with Gasteiger partial charge in [0.05, 0.1) is 0 Å². The lowest BCUT2D eigenvalue weighted by Gasteiger charge is -2.03. The van der Waals surface area contributed by atoms with Gasteiger partial charge in [-0.05, 0) is 17.4 Å². The topological polar surface area (TPSA) is 87.5 Å². The molecule has 0 aliphatic rings. The van der Waals surface area contributed by atoms with Crippen molar-refractivity contribution in [3.05, 3.63) is 42.2 Å². The van der Waals surface area contributed by atoms with Gasteiger partial charge in [-0.25, -0.2) is 4.79 Å². The molecule has 2 aromatic rings. The minimum absolute atomic E-state index is 0.148. The molecule has 0 saturated carbocycles. The Bertz CT molecular complexity index is 665. The van der Waals surface area contributed by atoms with Gasteiger partial charge < -0.3 is 10.2 Å². The summed E-state index contributed by atoms with van der Waals surface area (Å²) in [4.78, 5) is 23.5. The highest BCUT2D eigenvalue weighted by molar-refractivity contribution is 5.85. The van der Waals surface area contributed by atoms with Gasteiger partial charge in [-0.2, -0.15) is 13.2 Å². The third-order valence-corrected chi connectivity index (χ3v) is 2.60. The molecule has 0 radical (unpaired) electrons. The smallest absolute Gasteiger partial charge is 0.481 e. The predicted molar refractivity (Wildman–Crippen MR) is 71.4 cm³/mol. The largest absolute Gasteiger partial charge is 0.490 e. The van der Waals surface area contributed by atoms with Crippen LogP contribution >= 0.6 is 0 Å². The molecule has 0 amide bonds. The Morgan fingerprint density at radius 1 is 1.09 bits per heavy atom. The first kappa shape index (κ1) is 17.4. The molecular formula is C14H12F3NO4. The lowest BCUT2D eigenvalue weighted by Crippen LogP contribution is -2.21. The van der Waals surface area contributed by atoms with Crippen LogP contribution in [0.15, 0.2) is 36.7 Å². The number of carboxylic acid groups (broad SMARTS) is 2. The van der Waals surface area contributed by atoms with E-state index in [2.05, 4.69) is 4.98 Å². The van der Waals surface area contributed by atoms with E-state index in [1.54, 1.807) is 12.4 Å². The van der Waals surface area contributed by atoms with Gasteiger partial charge in [-0.15, -0.1) is 0 Å². The maximum absolute atomic E-state index is 10.6. The highest BCUT2D eigenvalue weighted by atomic mass is 19.4. The van der Waals surface area contributed by atoms with Crippen LogP contribution in [0.25, 0.3) is 10.8 Å². The Balaban J connectivity index is 0.000000295. The highest BCUT2D eigenvalue weighted by Gasteiger charge is 2.38. The van der Waals surface area contributed by atoms with E-state index >= 15 is 0 Å². The number of aryl methyl sites for hydroxylation is 1. The average Bonchev–Trinajstić information content (AvgIpc) is 2.44. The number of fused-ring (bicyclic) bond motifs is 1. The van der Waals surface area contributed by atoms with E-state index in [0.29, 0.717) is 6.42 Å². The van der Waals surface area contributed by atoms with Crippen molar-refractivity contribution in [1.29, 1.82) is 0 Å². The SMILES string of the molecule is O=C(O)C(F)(F)F.O=C(O)CCc1cncc2ccccc12. The zero-order valence-corrected chi connectivity index (χ0v) is 11.2. The Morgan fingerprint density at radius 3 is 2.23 bits per heavy atom. The van der Waals surface area contributed by atoms with E-state index in [9.17, 15) is 18.0 Å². The van der Waals surface area contributed by atoms with Crippen LogP contribution in [-0.2, 0) is 16.0 Å². The van der Waals surface area contributed by atoms with Crippen molar-refractivity contribution < 1.29 is 33.0 Å². The minimum atomic E-state index is -5.08. The van der Waals surface area contributed by atoms with Gasteiger partial charge in [0.2, 0.25) is 0 Å². The molecule has 0 bridgehead atoms. The minimum Gasteiger partial charge on any atom is -0.481 e. The van der Waals surface area contributed by atoms with Gasteiger partial charge in [0.25, 0.3) is 0 Å². The van der Waals surface area contributed by atoms with Crippen LogP contribution in [0.1, 0.15) is 12.0 Å². The Labute approximate surface area is 123 Å². The summed E-state index contributed by atoms with van der Waals surface area (Å²) in [5.74, 6) is -3.53. The van der Waals surface area contributed by atoms with Crippen molar-refractivity contribution in [3.63, 3.8) is 0 Å². The number of carboxylic acids is 2. The molecule has 0 saturated heterocycles. The second kappa shape index (κ2) is 7.39. The molecule has 1 aromatic heterocycles. The summed E-state index contributed by atoms with van der Waals surface area (Å²) in [5.41, 5.74) is 0.996. The fraction of sp³-hybridized carbons (Fsp3) is 0.214. The van der Waals surface area contributed by atoms with Gasteiger partial charge in [-0.3, -0.25) is 9.78 Å². The first-order chi connectivity index (χ1) is 10.2. The molecule has 0 aliphatic carbocycles. The molecule has 0 fully saturated rings. The third-order valence-electron chi connectivity index (χ3n) is 2.60. The molecule has 0 spiro atoms. The van der Waals surface area contributed by atoms with E-state index < -0.39 is 18.1 Å². The summed E-state index contributed by atoms with van der Waals surface area (Å²) in [7, 11) is 0. The van der Waals surface area contributed by atoms with E-state index in [0.717, 1.165) is 16.3 Å². The molecular weight excluding hydrogens is 303 g/mol. The van der Waals surface area contributed by atoms with Gasteiger partial charge in [-0.1, -0.05) is 24.3 Å². The zero-order valence-electron chi connectivity index (χ0n) is 11.2. The van der Waals surface area contributed by atoms with Crippen LogP contribution in [0.4, 0.5) is 13.2 Å². The van der Waals surface area contributed by atoms with Gasteiger partial charge in [0, 0.05) is 24.2 Å². The van der Waals surface area contributed by atoms with Crippen molar-refractivity contribution >= 4 is 22.7 Å². The van der Waals surface area contributed by atoms with Gasteiger partial charge >= 0.3 is 18.1 Å². The van der Waals surface area contributed by atoms with Crippen LogP contribution in [0.5, 0.6) is 0 Å². The number of carbonyl (C=O) groups is 2. The van der Waals surface area contributed by atoms with Crippen molar-refractivity contribution in [2.75, 3.05) is 0 Å². The second-order valence-corrected chi connectivity index (χ2v) is 4.22. The lowest BCUT2D eigenvalue weighted by molar-refractivity contribution is -0.192. The van der Waals surface area contributed by atoms with Crippen molar-refractivity contribution in [2.45, 2.75) is 19.0 Å². The van der Waals surface area contributed by atoms with Crippen LogP contribution in [0.2, 0.25) is 0 Å². The molecule has 2 N–H and O–H groups in total. The normalized spacial score (nSPS) is 10.7. The van der Waals surface area contributed by atoms with Crippen molar-refractivity contribution in [1.82, 2.24) is 4.98 Å². The first-order valence-electron chi connectivity index (χ1n) is 6.05. The van der Waals surface area contributed by atoms with Crippen molar-refractivity contribution in [3.8, 4) is 0 Å². The van der Waals surface area contributed by atoms with E-state index in [4.69, 9.17) is 15.0 Å². The number of halogens is 3.